The van der Waals surface area contributed by atoms with Crippen LogP contribution in [0.4, 0.5) is 0 Å². The van der Waals surface area contributed by atoms with Crippen molar-refractivity contribution in [3.8, 4) is 11.8 Å². The van der Waals surface area contributed by atoms with Gasteiger partial charge in [0.15, 0.2) is 0 Å². The molecule has 0 amide bonds. The zero-order valence-electron chi connectivity index (χ0n) is 12.1. The second kappa shape index (κ2) is 9.53. The molecule has 0 aromatic heterocycles. The van der Waals surface area contributed by atoms with Crippen LogP contribution in [0.25, 0.3) is 0 Å². The summed E-state index contributed by atoms with van der Waals surface area (Å²) in [6.07, 6.45) is 1.58. The van der Waals surface area contributed by atoms with E-state index in [1.54, 1.807) is 12.1 Å². The largest absolute Gasteiger partial charge is 0.384 e. The van der Waals surface area contributed by atoms with Crippen molar-refractivity contribution in [1.82, 2.24) is 4.72 Å². The fourth-order valence-electron chi connectivity index (χ4n) is 1.59. The molecule has 2 N–H and O–H groups in total. The topological polar surface area (TPSA) is 75.6 Å². The highest BCUT2D eigenvalue weighted by Gasteiger charge is 2.13. The summed E-state index contributed by atoms with van der Waals surface area (Å²) in [4.78, 5) is 0.168. The second-order valence-corrected chi connectivity index (χ2v) is 6.12. The first-order chi connectivity index (χ1) is 10.1. The zero-order valence-corrected chi connectivity index (χ0v) is 12.9. The minimum absolute atomic E-state index is 0.168. The van der Waals surface area contributed by atoms with Crippen molar-refractivity contribution in [2.24, 2.45) is 0 Å². The number of rotatable bonds is 8. The maximum atomic E-state index is 12.1. The molecule has 0 saturated carbocycles. The number of hydrogen-bond acceptors (Lipinski definition) is 4. The molecule has 1 aromatic carbocycles. The van der Waals surface area contributed by atoms with Crippen LogP contribution in [0.15, 0.2) is 29.2 Å². The van der Waals surface area contributed by atoms with Crippen LogP contribution >= 0.6 is 0 Å². The van der Waals surface area contributed by atoms with Crippen molar-refractivity contribution in [2.75, 3.05) is 26.4 Å². The van der Waals surface area contributed by atoms with Gasteiger partial charge in [0.1, 0.15) is 6.61 Å². The van der Waals surface area contributed by atoms with E-state index in [4.69, 9.17) is 9.84 Å². The normalized spacial score (nSPS) is 11.0. The molecule has 0 heterocycles. The van der Waals surface area contributed by atoms with Gasteiger partial charge in [-0.05, 0) is 31.0 Å². The van der Waals surface area contributed by atoms with Crippen LogP contribution < -0.4 is 4.72 Å². The van der Waals surface area contributed by atoms with Gasteiger partial charge in [-0.15, -0.1) is 0 Å². The van der Waals surface area contributed by atoms with Crippen LogP contribution in [0.2, 0.25) is 0 Å². The lowest BCUT2D eigenvalue weighted by molar-refractivity contribution is 0.133. The molecular formula is C15H21NO4S. The molecule has 0 aliphatic heterocycles. The molecule has 1 rings (SSSR count). The summed E-state index contributed by atoms with van der Waals surface area (Å²) in [6.45, 7) is 3.33. The van der Waals surface area contributed by atoms with Gasteiger partial charge in [0, 0.05) is 25.3 Å². The predicted octanol–water partition coefficient (Wildman–Crippen LogP) is 1.13. The molecule has 0 saturated heterocycles. The molecule has 6 heteroatoms. The van der Waals surface area contributed by atoms with E-state index in [0.717, 1.165) is 6.42 Å². The van der Waals surface area contributed by atoms with Crippen LogP contribution in [-0.4, -0.2) is 39.9 Å². The minimum atomic E-state index is -3.54. The van der Waals surface area contributed by atoms with E-state index in [1.807, 2.05) is 6.92 Å². The Labute approximate surface area is 126 Å². The van der Waals surface area contributed by atoms with Gasteiger partial charge in [0.2, 0.25) is 10.0 Å². The Morgan fingerprint density at radius 2 is 2.14 bits per heavy atom. The van der Waals surface area contributed by atoms with E-state index in [2.05, 4.69) is 16.6 Å². The number of hydrogen-bond donors (Lipinski definition) is 2. The average molecular weight is 311 g/mol. The zero-order chi connectivity index (χ0) is 15.6. The quantitative estimate of drug-likeness (QED) is 0.557. The Bertz CT molecular complexity index is 587. The Balaban J connectivity index is 2.57. The average Bonchev–Trinajstić information content (AvgIpc) is 2.49. The van der Waals surface area contributed by atoms with Gasteiger partial charge in [-0.2, -0.15) is 0 Å². The summed E-state index contributed by atoms with van der Waals surface area (Å²) in [5.41, 5.74) is 0.554. The monoisotopic (exact) mass is 311 g/mol. The summed E-state index contributed by atoms with van der Waals surface area (Å²) in [5, 5.41) is 8.65. The third-order valence-electron chi connectivity index (χ3n) is 2.56. The van der Waals surface area contributed by atoms with Crippen molar-refractivity contribution < 1.29 is 18.3 Å². The van der Waals surface area contributed by atoms with E-state index in [0.29, 0.717) is 31.7 Å². The van der Waals surface area contributed by atoms with Gasteiger partial charge in [0.25, 0.3) is 0 Å². The third-order valence-corrected chi connectivity index (χ3v) is 4.02. The molecule has 0 fully saturated rings. The van der Waals surface area contributed by atoms with Crippen molar-refractivity contribution in [2.45, 2.75) is 24.7 Å². The molecular weight excluding hydrogens is 290 g/mol. The Kier molecular flexibility index (Phi) is 8.01. The Morgan fingerprint density at radius 1 is 1.33 bits per heavy atom. The third kappa shape index (κ3) is 6.74. The van der Waals surface area contributed by atoms with Crippen LogP contribution in [-0.2, 0) is 14.8 Å². The highest BCUT2D eigenvalue weighted by Crippen LogP contribution is 2.10. The summed E-state index contributed by atoms with van der Waals surface area (Å²) in [7, 11) is -3.54. The lowest BCUT2D eigenvalue weighted by Crippen LogP contribution is -2.25. The van der Waals surface area contributed by atoms with Gasteiger partial charge in [-0.1, -0.05) is 24.8 Å². The summed E-state index contributed by atoms with van der Waals surface area (Å²) < 4.78 is 32.0. The molecule has 0 radical (unpaired) electrons. The van der Waals surface area contributed by atoms with Gasteiger partial charge >= 0.3 is 0 Å². The predicted molar refractivity (Wildman–Crippen MR) is 81.3 cm³/mol. The number of sulfonamides is 1. The smallest absolute Gasteiger partial charge is 0.240 e. The van der Waals surface area contributed by atoms with Crippen molar-refractivity contribution in [3.63, 3.8) is 0 Å². The highest BCUT2D eigenvalue weighted by atomic mass is 32.2. The molecule has 0 aliphatic rings. The minimum Gasteiger partial charge on any atom is -0.384 e. The molecule has 0 aliphatic carbocycles. The molecule has 1 aromatic rings. The number of aliphatic hydroxyl groups is 1. The maximum Gasteiger partial charge on any atom is 0.240 e. The van der Waals surface area contributed by atoms with Crippen molar-refractivity contribution in [3.05, 3.63) is 29.8 Å². The number of nitrogens with one attached hydrogen (secondary N) is 1. The Morgan fingerprint density at radius 3 is 2.86 bits per heavy atom. The fourth-order valence-corrected chi connectivity index (χ4v) is 2.71. The van der Waals surface area contributed by atoms with Crippen LogP contribution in [0.5, 0.6) is 0 Å². The summed E-state index contributed by atoms with van der Waals surface area (Å²) in [5.74, 6) is 5.17. The number of benzene rings is 1. The van der Waals surface area contributed by atoms with E-state index in [1.165, 1.54) is 12.1 Å². The molecule has 0 atom stereocenters. The number of ether oxygens (including phenoxy) is 1. The lowest BCUT2D eigenvalue weighted by Gasteiger charge is -2.07. The lowest BCUT2D eigenvalue weighted by atomic mass is 10.2. The first-order valence-electron chi connectivity index (χ1n) is 6.87. The Hall–Kier alpha value is -1.39. The SMILES string of the molecule is CCCOCCCNS(=O)(=O)c1cccc(C#CCO)c1. The van der Waals surface area contributed by atoms with E-state index in [-0.39, 0.29) is 11.5 Å². The second-order valence-electron chi connectivity index (χ2n) is 4.35. The first-order valence-corrected chi connectivity index (χ1v) is 8.35. The van der Waals surface area contributed by atoms with Crippen LogP contribution in [0, 0.1) is 11.8 Å². The van der Waals surface area contributed by atoms with Crippen LogP contribution in [0.3, 0.4) is 0 Å². The van der Waals surface area contributed by atoms with E-state index >= 15 is 0 Å². The van der Waals surface area contributed by atoms with Gasteiger partial charge in [-0.25, -0.2) is 13.1 Å². The molecule has 0 bridgehead atoms. The van der Waals surface area contributed by atoms with Crippen LogP contribution in [0.1, 0.15) is 25.3 Å². The highest BCUT2D eigenvalue weighted by molar-refractivity contribution is 7.89. The maximum absolute atomic E-state index is 12.1. The standard InChI is InChI=1S/C15H21NO4S/c1-2-11-20-12-5-9-16-21(18,19)15-8-3-6-14(13-15)7-4-10-17/h3,6,8,13,16-17H,2,5,9-12H2,1H3. The summed E-state index contributed by atoms with van der Waals surface area (Å²) >= 11 is 0. The van der Waals surface area contributed by atoms with Gasteiger partial charge < -0.3 is 9.84 Å². The molecule has 5 nitrogen and oxygen atoms in total. The first kappa shape index (κ1) is 17.7. The number of aliphatic hydroxyl groups excluding tert-OH is 1. The van der Waals surface area contributed by atoms with E-state index < -0.39 is 10.0 Å². The molecule has 21 heavy (non-hydrogen) atoms. The molecule has 116 valence electrons. The van der Waals surface area contributed by atoms with Crippen molar-refractivity contribution >= 4 is 10.0 Å². The van der Waals surface area contributed by atoms with E-state index in [9.17, 15) is 8.42 Å². The fraction of sp³-hybridized carbons (Fsp3) is 0.467. The summed E-state index contributed by atoms with van der Waals surface area (Å²) in [6, 6.07) is 6.32. The molecule has 0 spiro atoms. The van der Waals surface area contributed by atoms with Gasteiger partial charge in [0.05, 0.1) is 4.90 Å². The van der Waals surface area contributed by atoms with Crippen molar-refractivity contribution in [1.29, 1.82) is 0 Å². The molecule has 0 unspecified atom stereocenters. The van der Waals surface area contributed by atoms with Gasteiger partial charge in [-0.3, -0.25) is 0 Å².